The number of rotatable bonds is 4. The zero-order valence-corrected chi connectivity index (χ0v) is 18.8. The van der Waals surface area contributed by atoms with Crippen LogP contribution in [0.4, 0.5) is 4.39 Å². The third-order valence-corrected chi connectivity index (χ3v) is 5.76. The van der Waals surface area contributed by atoms with Gasteiger partial charge in [-0.3, -0.25) is 0 Å². The number of guanidine groups is 1. The number of phenols is 1. The Bertz CT molecular complexity index is 1090. The van der Waals surface area contributed by atoms with Gasteiger partial charge in [0, 0.05) is 29.2 Å². The number of aromatic hydroxyl groups is 1. The molecule has 32 heavy (non-hydrogen) atoms. The van der Waals surface area contributed by atoms with Crippen LogP contribution in [-0.4, -0.2) is 55.0 Å². The Morgan fingerprint density at radius 1 is 1.25 bits per heavy atom. The number of hydrazone groups is 1. The lowest BCUT2D eigenvalue weighted by Gasteiger charge is -2.30. The first-order valence-electron chi connectivity index (χ1n) is 10.0. The first kappa shape index (κ1) is 22.4. The summed E-state index contributed by atoms with van der Waals surface area (Å²) in [5, 5.41) is 18.1. The molecule has 0 atom stereocenters. The molecule has 0 amide bonds. The lowest BCUT2D eigenvalue weighted by Crippen LogP contribution is -2.42. The van der Waals surface area contributed by atoms with E-state index in [-0.39, 0.29) is 29.0 Å². The highest BCUT2D eigenvalue weighted by Crippen LogP contribution is 2.37. The predicted octanol–water partition coefficient (Wildman–Crippen LogP) is 4.03. The fraction of sp³-hybridized carbons (Fsp3) is 0.273. The monoisotopic (exact) mass is 477 g/mol. The smallest absolute Gasteiger partial charge is 0.219 e. The Morgan fingerprint density at radius 2 is 2.03 bits per heavy atom. The molecule has 1 saturated heterocycles. The minimum atomic E-state index is -0.339. The first-order chi connectivity index (χ1) is 15.4. The molecule has 0 bridgehead atoms. The van der Waals surface area contributed by atoms with Crippen LogP contribution in [0.15, 0.2) is 52.1 Å². The molecule has 0 aliphatic carbocycles. The number of nitrogens with zero attached hydrogens (tertiary/aromatic N) is 3. The number of halogens is 3. The van der Waals surface area contributed by atoms with Crippen LogP contribution in [0.5, 0.6) is 5.75 Å². The van der Waals surface area contributed by atoms with Crippen LogP contribution in [0, 0.1) is 6.92 Å². The van der Waals surface area contributed by atoms with E-state index >= 15 is 0 Å². The number of nitrogens with one attached hydrogen (secondary N) is 2. The van der Waals surface area contributed by atoms with E-state index in [0.29, 0.717) is 42.8 Å². The maximum absolute atomic E-state index is 14.3. The van der Waals surface area contributed by atoms with Gasteiger partial charge in [-0.25, -0.2) is 9.82 Å². The van der Waals surface area contributed by atoms with Crippen molar-refractivity contribution in [2.75, 3.05) is 32.8 Å². The molecule has 3 N–H and O–H groups in total. The highest BCUT2D eigenvalue weighted by atomic mass is 35.5. The molecule has 2 aliphatic rings. The molecule has 0 unspecified atom stereocenters. The molecule has 1 fully saturated rings. The maximum atomic E-state index is 14.3. The molecule has 2 heterocycles. The maximum Gasteiger partial charge on any atom is 0.219 e. The second-order valence-electron chi connectivity index (χ2n) is 7.34. The van der Waals surface area contributed by atoms with E-state index in [0.717, 1.165) is 16.7 Å². The Balaban J connectivity index is 1.55. The standard InChI is InChI=1S/C22H22Cl2FN5O2/c1-13-3-2-4-16(23)19(13)14-9-15(20(31)17(24)10-14)11-27-29-22-26-12-18(25)21(28-22)30-5-7-32-8-6-30/h2-4,9-11,31H,5-8,12H2,1H3,(H2,26,28,29)/b27-11-. The third kappa shape index (κ3) is 4.82. The Morgan fingerprint density at radius 3 is 2.78 bits per heavy atom. The van der Waals surface area contributed by atoms with Crippen LogP contribution in [0.2, 0.25) is 10.0 Å². The largest absolute Gasteiger partial charge is 0.506 e. The average molecular weight is 478 g/mol. The fourth-order valence-electron chi connectivity index (χ4n) is 3.55. The zero-order valence-electron chi connectivity index (χ0n) is 17.3. The summed E-state index contributed by atoms with van der Waals surface area (Å²) >= 11 is 12.6. The van der Waals surface area contributed by atoms with E-state index in [4.69, 9.17) is 27.9 Å². The molecule has 4 rings (SSSR count). The van der Waals surface area contributed by atoms with Gasteiger partial charge in [0.2, 0.25) is 5.96 Å². The first-order valence-corrected chi connectivity index (χ1v) is 10.8. The van der Waals surface area contributed by atoms with Crippen molar-refractivity contribution in [1.82, 2.24) is 15.6 Å². The van der Waals surface area contributed by atoms with E-state index in [1.165, 1.54) is 6.21 Å². The molecule has 10 heteroatoms. The summed E-state index contributed by atoms with van der Waals surface area (Å²) in [7, 11) is 0. The van der Waals surface area contributed by atoms with Crippen LogP contribution >= 0.6 is 23.2 Å². The van der Waals surface area contributed by atoms with E-state index in [2.05, 4.69) is 20.8 Å². The molecule has 2 aliphatic heterocycles. The Hall–Kier alpha value is -2.81. The summed E-state index contributed by atoms with van der Waals surface area (Å²) in [5.41, 5.74) is 5.71. The number of hydrogen-bond acceptors (Lipinski definition) is 7. The molecular weight excluding hydrogens is 456 g/mol. The van der Waals surface area contributed by atoms with Crippen molar-refractivity contribution in [3.63, 3.8) is 0 Å². The summed E-state index contributed by atoms with van der Waals surface area (Å²) in [4.78, 5) is 6.14. The Labute approximate surface area is 195 Å². The number of ether oxygens (including phenoxy) is 1. The Kier molecular flexibility index (Phi) is 6.83. The van der Waals surface area contributed by atoms with Crippen molar-refractivity contribution < 1.29 is 14.2 Å². The van der Waals surface area contributed by atoms with Crippen molar-refractivity contribution in [2.24, 2.45) is 10.1 Å². The van der Waals surface area contributed by atoms with Gasteiger partial charge in [0.15, 0.2) is 11.6 Å². The van der Waals surface area contributed by atoms with Crippen LogP contribution in [0.3, 0.4) is 0 Å². The second-order valence-corrected chi connectivity index (χ2v) is 8.15. The summed E-state index contributed by atoms with van der Waals surface area (Å²) in [6.07, 6.45) is 1.42. The fourth-order valence-corrected chi connectivity index (χ4v) is 4.11. The number of aryl methyl sites for hydroxylation is 1. The van der Waals surface area contributed by atoms with Gasteiger partial charge in [-0.2, -0.15) is 10.1 Å². The van der Waals surface area contributed by atoms with Crippen molar-refractivity contribution in [3.05, 3.63) is 63.2 Å². The van der Waals surface area contributed by atoms with Crippen molar-refractivity contribution >= 4 is 35.4 Å². The molecule has 168 valence electrons. The third-order valence-electron chi connectivity index (χ3n) is 5.16. The molecule has 0 saturated carbocycles. The minimum absolute atomic E-state index is 0.00634. The highest BCUT2D eigenvalue weighted by Gasteiger charge is 2.22. The van der Waals surface area contributed by atoms with Crippen LogP contribution < -0.4 is 10.7 Å². The number of morpholine rings is 1. The quantitative estimate of drug-likeness (QED) is 0.457. The SMILES string of the molecule is Cc1cccc(Cl)c1-c1cc(Cl)c(O)c(/C=N\NC2=NC(N3CCOCC3)=C(F)CN2)c1. The molecule has 2 aromatic carbocycles. The lowest BCUT2D eigenvalue weighted by molar-refractivity contribution is 0.0514. The van der Waals surface area contributed by atoms with Crippen LogP contribution in [-0.2, 0) is 4.74 Å². The van der Waals surface area contributed by atoms with Gasteiger partial charge in [0.05, 0.1) is 31.0 Å². The van der Waals surface area contributed by atoms with Gasteiger partial charge in [-0.1, -0.05) is 35.3 Å². The molecule has 2 aromatic rings. The molecular formula is C22H22Cl2FN5O2. The topological polar surface area (TPSA) is 81.5 Å². The van der Waals surface area contributed by atoms with Gasteiger partial charge < -0.3 is 20.1 Å². The van der Waals surface area contributed by atoms with E-state index in [1.54, 1.807) is 18.2 Å². The molecule has 0 spiro atoms. The van der Waals surface area contributed by atoms with Gasteiger partial charge in [0.1, 0.15) is 5.75 Å². The van der Waals surface area contributed by atoms with Crippen molar-refractivity contribution in [2.45, 2.75) is 6.92 Å². The summed E-state index contributed by atoms with van der Waals surface area (Å²) in [6, 6.07) is 9.02. The molecule has 0 aromatic heterocycles. The lowest BCUT2D eigenvalue weighted by atomic mass is 9.98. The van der Waals surface area contributed by atoms with E-state index < -0.39 is 0 Å². The molecule has 0 radical (unpaired) electrons. The number of phenolic OH excluding ortho intramolecular Hbond substituents is 1. The normalized spacial score (nSPS) is 16.9. The van der Waals surface area contributed by atoms with Crippen molar-refractivity contribution in [1.29, 1.82) is 0 Å². The van der Waals surface area contributed by atoms with Crippen molar-refractivity contribution in [3.8, 4) is 16.9 Å². The summed E-state index contributed by atoms with van der Waals surface area (Å²) < 4.78 is 19.6. The summed E-state index contributed by atoms with van der Waals surface area (Å²) in [5.74, 6) is 0.123. The second kappa shape index (κ2) is 9.77. The summed E-state index contributed by atoms with van der Waals surface area (Å²) in [6.45, 7) is 4.16. The number of hydrogen-bond donors (Lipinski definition) is 3. The van der Waals surface area contributed by atoms with Gasteiger partial charge in [-0.15, -0.1) is 0 Å². The van der Waals surface area contributed by atoms with Gasteiger partial charge >= 0.3 is 0 Å². The van der Waals surface area contributed by atoms with Gasteiger partial charge in [0.25, 0.3) is 0 Å². The molecule has 7 nitrogen and oxygen atoms in total. The highest BCUT2D eigenvalue weighted by molar-refractivity contribution is 6.34. The average Bonchev–Trinajstić information content (AvgIpc) is 2.78. The van der Waals surface area contributed by atoms with E-state index in [9.17, 15) is 9.50 Å². The van der Waals surface area contributed by atoms with Crippen LogP contribution in [0.25, 0.3) is 11.1 Å². The van der Waals surface area contributed by atoms with Gasteiger partial charge in [-0.05, 0) is 36.2 Å². The number of benzene rings is 2. The zero-order chi connectivity index (χ0) is 22.7. The van der Waals surface area contributed by atoms with E-state index in [1.807, 2.05) is 24.0 Å². The number of aliphatic imine (C=N–C) groups is 1. The van der Waals surface area contributed by atoms with Crippen LogP contribution in [0.1, 0.15) is 11.1 Å². The predicted molar refractivity (Wildman–Crippen MR) is 125 cm³/mol. The minimum Gasteiger partial charge on any atom is -0.506 e.